The molecule has 0 aliphatic carbocycles. The summed E-state index contributed by atoms with van der Waals surface area (Å²) in [6, 6.07) is 5.95. The van der Waals surface area contributed by atoms with Gasteiger partial charge in [0.15, 0.2) is 0 Å². The number of aromatic nitrogens is 2. The van der Waals surface area contributed by atoms with Crippen molar-refractivity contribution in [2.24, 2.45) is 0 Å². The van der Waals surface area contributed by atoms with Crippen molar-refractivity contribution >= 4 is 11.0 Å². The van der Waals surface area contributed by atoms with Crippen LogP contribution in [0, 0.1) is 6.92 Å². The summed E-state index contributed by atoms with van der Waals surface area (Å²) >= 11 is 0. The molecule has 1 aromatic carbocycles. The van der Waals surface area contributed by atoms with E-state index in [4.69, 9.17) is 0 Å². The molecular weight excluding hydrogens is 176 g/mol. The van der Waals surface area contributed by atoms with Crippen LogP contribution in [0.3, 0.4) is 0 Å². The second kappa shape index (κ2) is 2.58. The SMILES string of the molecule is Cc1nc2cccc3c2n1CC[C@H]3O. The standard InChI is InChI=1S/C11H12N2O/c1-7-12-9-4-2-3-8-10(14)5-6-13(7)11(8)9/h2-4,10,14H,5-6H2,1H3/t10-/m1/s1. The minimum Gasteiger partial charge on any atom is -0.388 e. The van der Waals surface area contributed by atoms with Crippen molar-refractivity contribution < 1.29 is 5.11 Å². The molecule has 0 saturated heterocycles. The highest BCUT2D eigenvalue weighted by molar-refractivity contribution is 5.80. The van der Waals surface area contributed by atoms with Gasteiger partial charge in [0, 0.05) is 12.1 Å². The van der Waals surface area contributed by atoms with E-state index in [9.17, 15) is 5.11 Å². The van der Waals surface area contributed by atoms with Crippen LogP contribution in [-0.4, -0.2) is 14.7 Å². The van der Waals surface area contributed by atoms with E-state index in [1.54, 1.807) is 0 Å². The molecular formula is C11H12N2O. The molecule has 1 aliphatic heterocycles. The molecule has 0 amide bonds. The number of para-hydroxylation sites is 1. The molecule has 0 saturated carbocycles. The lowest BCUT2D eigenvalue weighted by molar-refractivity contribution is 0.156. The Morgan fingerprint density at radius 2 is 2.36 bits per heavy atom. The molecule has 0 bridgehead atoms. The Labute approximate surface area is 82.0 Å². The number of aliphatic hydroxyl groups excluding tert-OH is 1. The van der Waals surface area contributed by atoms with Crippen LogP contribution in [0.15, 0.2) is 18.2 Å². The number of aryl methyl sites for hydroxylation is 2. The van der Waals surface area contributed by atoms with Crippen LogP contribution in [0.1, 0.15) is 23.9 Å². The summed E-state index contributed by atoms with van der Waals surface area (Å²) in [5.41, 5.74) is 3.14. The van der Waals surface area contributed by atoms with E-state index < -0.39 is 0 Å². The minimum absolute atomic E-state index is 0.317. The maximum absolute atomic E-state index is 9.84. The third kappa shape index (κ3) is 0.876. The van der Waals surface area contributed by atoms with Gasteiger partial charge in [-0.1, -0.05) is 12.1 Å². The average Bonchev–Trinajstić information content (AvgIpc) is 2.50. The smallest absolute Gasteiger partial charge is 0.106 e. The summed E-state index contributed by atoms with van der Waals surface area (Å²) in [7, 11) is 0. The molecule has 72 valence electrons. The Morgan fingerprint density at radius 1 is 1.50 bits per heavy atom. The molecule has 3 nitrogen and oxygen atoms in total. The van der Waals surface area contributed by atoms with E-state index in [1.165, 1.54) is 0 Å². The van der Waals surface area contributed by atoms with Gasteiger partial charge in [-0.15, -0.1) is 0 Å². The first-order chi connectivity index (χ1) is 6.77. The number of rotatable bonds is 0. The van der Waals surface area contributed by atoms with Crippen molar-refractivity contribution in [3.05, 3.63) is 29.6 Å². The van der Waals surface area contributed by atoms with Crippen molar-refractivity contribution in [1.82, 2.24) is 9.55 Å². The van der Waals surface area contributed by atoms with Crippen LogP contribution < -0.4 is 0 Å². The zero-order chi connectivity index (χ0) is 9.71. The molecule has 0 unspecified atom stereocenters. The zero-order valence-electron chi connectivity index (χ0n) is 8.07. The monoisotopic (exact) mass is 188 g/mol. The second-order valence-corrected chi connectivity index (χ2v) is 3.83. The average molecular weight is 188 g/mol. The van der Waals surface area contributed by atoms with Gasteiger partial charge in [0.05, 0.1) is 17.1 Å². The Balaban J connectivity index is 2.47. The van der Waals surface area contributed by atoms with E-state index in [1.807, 2.05) is 25.1 Å². The van der Waals surface area contributed by atoms with Crippen molar-refractivity contribution in [1.29, 1.82) is 0 Å². The molecule has 0 spiro atoms. The van der Waals surface area contributed by atoms with Gasteiger partial charge in [0.25, 0.3) is 0 Å². The van der Waals surface area contributed by atoms with Crippen molar-refractivity contribution in [3.8, 4) is 0 Å². The van der Waals surface area contributed by atoms with Crippen molar-refractivity contribution in [2.75, 3.05) is 0 Å². The van der Waals surface area contributed by atoms with Gasteiger partial charge in [-0.3, -0.25) is 0 Å². The topological polar surface area (TPSA) is 38.0 Å². The Kier molecular flexibility index (Phi) is 1.47. The predicted octanol–water partition coefficient (Wildman–Crippen LogP) is 1.78. The second-order valence-electron chi connectivity index (χ2n) is 3.83. The Morgan fingerprint density at radius 3 is 3.21 bits per heavy atom. The largest absolute Gasteiger partial charge is 0.388 e. The fourth-order valence-corrected chi connectivity index (χ4v) is 2.28. The highest BCUT2D eigenvalue weighted by atomic mass is 16.3. The molecule has 3 heteroatoms. The quantitative estimate of drug-likeness (QED) is 0.684. The highest BCUT2D eigenvalue weighted by Crippen LogP contribution is 2.31. The maximum Gasteiger partial charge on any atom is 0.106 e. The lowest BCUT2D eigenvalue weighted by Gasteiger charge is -2.20. The van der Waals surface area contributed by atoms with Gasteiger partial charge in [0.1, 0.15) is 5.82 Å². The van der Waals surface area contributed by atoms with E-state index in [0.29, 0.717) is 0 Å². The molecule has 0 radical (unpaired) electrons. The van der Waals surface area contributed by atoms with Crippen LogP contribution >= 0.6 is 0 Å². The lowest BCUT2D eigenvalue weighted by Crippen LogP contribution is -2.13. The van der Waals surface area contributed by atoms with E-state index in [-0.39, 0.29) is 6.10 Å². The molecule has 2 heterocycles. The zero-order valence-corrected chi connectivity index (χ0v) is 8.07. The predicted molar refractivity (Wildman–Crippen MR) is 54.0 cm³/mol. The normalized spacial score (nSPS) is 20.3. The van der Waals surface area contributed by atoms with Gasteiger partial charge >= 0.3 is 0 Å². The molecule has 0 fully saturated rings. The molecule has 1 aliphatic rings. The summed E-state index contributed by atoms with van der Waals surface area (Å²) in [5, 5.41) is 9.84. The van der Waals surface area contributed by atoms with E-state index in [0.717, 1.165) is 35.4 Å². The van der Waals surface area contributed by atoms with Crippen LogP contribution in [-0.2, 0) is 6.54 Å². The van der Waals surface area contributed by atoms with Crippen molar-refractivity contribution in [2.45, 2.75) is 26.0 Å². The number of nitrogens with zero attached hydrogens (tertiary/aromatic N) is 2. The summed E-state index contributed by atoms with van der Waals surface area (Å²) in [4.78, 5) is 4.47. The molecule has 2 aromatic rings. The van der Waals surface area contributed by atoms with E-state index >= 15 is 0 Å². The molecule has 1 aromatic heterocycles. The fourth-order valence-electron chi connectivity index (χ4n) is 2.28. The number of hydrogen-bond donors (Lipinski definition) is 1. The number of benzene rings is 1. The maximum atomic E-state index is 9.84. The first-order valence-corrected chi connectivity index (χ1v) is 4.91. The summed E-state index contributed by atoms with van der Waals surface area (Å²) in [5.74, 6) is 1.04. The minimum atomic E-state index is -0.317. The van der Waals surface area contributed by atoms with E-state index in [2.05, 4.69) is 9.55 Å². The summed E-state index contributed by atoms with van der Waals surface area (Å²) in [6.07, 6.45) is 0.478. The lowest BCUT2D eigenvalue weighted by atomic mass is 10.0. The van der Waals surface area contributed by atoms with Crippen LogP contribution in [0.4, 0.5) is 0 Å². The first kappa shape index (κ1) is 8.00. The number of imidazole rings is 1. The number of hydrogen-bond acceptors (Lipinski definition) is 2. The summed E-state index contributed by atoms with van der Waals surface area (Å²) < 4.78 is 2.19. The van der Waals surface area contributed by atoms with Gasteiger partial charge in [0.2, 0.25) is 0 Å². The Hall–Kier alpha value is -1.35. The van der Waals surface area contributed by atoms with Gasteiger partial charge in [-0.05, 0) is 19.4 Å². The van der Waals surface area contributed by atoms with Crippen LogP contribution in [0.25, 0.3) is 11.0 Å². The van der Waals surface area contributed by atoms with Gasteiger partial charge in [-0.25, -0.2) is 4.98 Å². The fraction of sp³-hybridized carbons (Fsp3) is 0.364. The van der Waals surface area contributed by atoms with Crippen LogP contribution in [0.5, 0.6) is 0 Å². The Bertz CT molecular complexity index is 501. The third-order valence-electron chi connectivity index (χ3n) is 2.97. The first-order valence-electron chi connectivity index (χ1n) is 4.91. The third-order valence-corrected chi connectivity index (χ3v) is 2.97. The van der Waals surface area contributed by atoms with Gasteiger partial charge in [-0.2, -0.15) is 0 Å². The summed E-state index contributed by atoms with van der Waals surface area (Å²) in [6.45, 7) is 2.89. The molecule has 1 atom stereocenters. The van der Waals surface area contributed by atoms with Crippen LogP contribution in [0.2, 0.25) is 0 Å². The van der Waals surface area contributed by atoms with Crippen molar-refractivity contribution in [3.63, 3.8) is 0 Å². The molecule has 1 N–H and O–H groups in total. The molecule has 14 heavy (non-hydrogen) atoms. The molecule has 3 rings (SSSR count). The number of aliphatic hydroxyl groups is 1. The van der Waals surface area contributed by atoms with Gasteiger partial charge < -0.3 is 9.67 Å². The highest BCUT2D eigenvalue weighted by Gasteiger charge is 2.21.